The van der Waals surface area contributed by atoms with Crippen molar-refractivity contribution >= 4 is 5.97 Å². The van der Waals surface area contributed by atoms with Crippen LogP contribution in [0.5, 0.6) is 5.75 Å². The first-order chi connectivity index (χ1) is 7.79. The number of alkyl halides is 3. The maximum Gasteiger partial charge on any atom is 0.451 e. The Balaban J connectivity index is 2.66. The van der Waals surface area contributed by atoms with Crippen molar-refractivity contribution in [3.8, 4) is 5.75 Å². The highest BCUT2D eigenvalue weighted by atomic mass is 19.4. The van der Waals surface area contributed by atoms with Crippen molar-refractivity contribution in [3.63, 3.8) is 0 Å². The minimum absolute atomic E-state index is 0.0938. The molecule has 1 aromatic rings. The third-order valence-electron chi connectivity index (χ3n) is 1.69. The van der Waals surface area contributed by atoms with Crippen molar-refractivity contribution in [2.45, 2.75) is 26.4 Å². The summed E-state index contributed by atoms with van der Waals surface area (Å²) in [6.45, 7) is 3.65. The molecule has 0 N–H and O–H groups in total. The number of carbonyl (C=O) groups is 1. The van der Waals surface area contributed by atoms with Gasteiger partial charge in [-0.05, 0) is 5.92 Å². The van der Waals surface area contributed by atoms with E-state index in [-0.39, 0.29) is 18.1 Å². The smallest absolute Gasteiger partial charge is 0.423 e. The number of rotatable bonds is 3. The van der Waals surface area contributed by atoms with Crippen LogP contribution < -0.4 is 4.74 Å². The molecule has 0 saturated carbocycles. The van der Waals surface area contributed by atoms with Gasteiger partial charge < -0.3 is 4.74 Å². The summed E-state index contributed by atoms with van der Waals surface area (Å²) >= 11 is 0. The molecule has 17 heavy (non-hydrogen) atoms. The summed E-state index contributed by atoms with van der Waals surface area (Å²) < 4.78 is 41.1. The van der Waals surface area contributed by atoms with Crippen LogP contribution in [-0.4, -0.2) is 15.9 Å². The number of aromatic nitrogens is 2. The van der Waals surface area contributed by atoms with Crippen molar-refractivity contribution in [1.82, 2.24) is 9.97 Å². The molecule has 0 fully saturated rings. The minimum Gasteiger partial charge on any atom is -0.423 e. The fraction of sp³-hybridized carbons (Fsp3) is 0.500. The predicted molar refractivity (Wildman–Crippen MR) is 52.1 cm³/mol. The Labute approximate surface area is 95.8 Å². The van der Waals surface area contributed by atoms with Gasteiger partial charge >= 0.3 is 12.1 Å². The van der Waals surface area contributed by atoms with Crippen molar-refractivity contribution in [1.29, 1.82) is 0 Å². The lowest BCUT2D eigenvalue weighted by Crippen LogP contribution is -2.13. The topological polar surface area (TPSA) is 52.1 Å². The number of carbonyl (C=O) groups excluding carboxylic acids is 1. The number of ether oxygens (including phenoxy) is 1. The van der Waals surface area contributed by atoms with Crippen LogP contribution in [0.25, 0.3) is 0 Å². The highest BCUT2D eigenvalue weighted by molar-refractivity contribution is 5.72. The largest absolute Gasteiger partial charge is 0.451 e. The molecule has 0 radical (unpaired) electrons. The first-order valence-corrected chi connectivity index (χ1v) is 4.89. The minimum atomic E-state index is -4.60. The molecule has 7 heteroatoms. The summed E-state index contributed by atoms with van der Waals surface area (Å²) in [5, 5.41) is 0. The zero-order valence-electron chi connectivity index (χ0n) is 9.28. The molecule has 1 rings (SSSR count). The van der Waals surface area contributed by atoms with Gasteiger partial charge in [-0.15, -0.1) is 0 Å². The van der Waals surface area contributed by atoms with E-state index < -0.39 is 18.0 Å². The van der Waals surface area contributed by atoms with E-state index in [4.69, 9.17) is 4.74 Å². The lowest BCUT2D eigenvalue weighted by Gasteiger charge is -2.07. The zero-order chi connectivity index (χ0) is 13.1. The Kier molecular flexibility index (Phi) is 4.03. The Hall–Kier alpha value is -1.66. The fourth-order valence-corrected chi connectivity index (χ4v) is 1.02. The van der Waals surface area contributed by atoms with E-state index >= 15 is 0 Å². The molecule has 0 aliphatic carbocycles. The second-order valence-electron chi connectivity index (χ2n) is 3.81. The van der Waals surface area contributed by atoms with E-state index in [1.54, 1.807) is 0 Å². The Morgan fingerprint density at radius 2 is 1.88 bits per heavy atom. The Morgan fingerprint density at radius 3 is 2.29 bits per heavy atom. The quantitative estimate of drug-likeness (QED) is 0.771. The maximum atomic E-state index is 12.1. The molecule has 1 aromatic heterocycles. The highest BCUT2D eigenvalue weighted by Gasteiger charge is 2.34. The molecule has 0 aliphatic rings. The number of hydrogen-bond donors (Lipinski definition) is 0. The van der Waals surface area contributed by atoms with Crippen LogP contribution in [0.4, 0.5) is 13.2 Å². The van der Waals surface area contributed by atoms with Crippen molar-refractivity contribution < 1.29 is 22.7 Å². The normalized spacial score (nSPS) is 11.6. The summed E-state index contributed by atoms with van der Waals surface area (Å²) in [5.41, 5.74) is 0. The number of hydrogen-bond acceptors (Lipinski definition) is 4. The summed E-state index contributed by atoms with van der Waals surface area (Å²) in [7, 11) is 0. The summed E-state index contributed by atoms with van der Waals surface area (Å²) in [6, 6.07) is 0. The fourth-order valence-electron chi connectivity index (χ4n) is 1.02. The molecule has 0 bridgehead atoms. The standard InChI is InChI=1S/C10H11F3N2O2/c1-6(2)3-8(16)17-7-4-14-9(15-5-7)10(11,12)13/h4-6H,3H2,1-2H3. The van der Waals surface area contributed by atoms with Crippen molar-refractivity contribution in [2.75, 3.05) is 0 Å². The zero-order valence-corrected chi connectivity index (χ0v) is 9.28. The second-order valence-corrected chi connectivity index (χ2v) is 3.81. The van der Waals surface area contributed by atoms with E-state index in [1.807, 2.05) is 13.8 Å². The molecule has 4 nitrogen and oxygen atoms in total. The van der Waals surface area contributed by atoms with E-state index in [0.717, 1.165) is 12.4 Å². The lowest BCUT2D eigenvalue weighted by atomic mass is 10.1. The Bertz CT molecular complexity index is 388. The van der Waals surface area contributed by atoms with Gasteiger partial charge in [0.05, 0.1) is 12.4 Å². The van der Waals surface area contributed by atoms with E-state index in [0.29, 0.717) is 0 Å². The van der Waals surface area contributed by atoms with Gasteiger partial charge in [0.2, 0.25) is 5.82 Å². The number of halogens is 3. The third-order valence-corrected chi connectivity index (χ3v) is 1.69. The molecule has 0 saturated heterocycles. The molecule has 1 heterocycles. The second kappa shape index (κ2) is 5.11. The van der Waals surface area contributed by atoms with Gasteiger partial charge in [0.1, 0.15) is 0 Å². The van der Waals surface area contributed by atoms with Gasteiger partial charge in [0, 0.05) is 6.42 Å². The predicted octanol–water partition coefficient (Wildman–Crippen LogP) is 2.45. The van der Waals surface area contributed by atoms with Crippen LogP contribution >= 0.6 is 0 Å². The van der Waals surface area contributed by atoms with E-state index in [1.165, 1.54) is 0 Å². The maximum absolute atomic E-state index is 12.1. The van der Waals surface area contributed by atoms with Gasteiger partial charge in [0.25, 0.3) is 0 Å². The van der Waals surface area contributed by atoms with Crippen LogP contribution in [0.3, 0.4) is 0 Å². The van der Waals surface area contributed by atoms with Crippen LogP contribution in [0.2, 0.25) is 0 Å². The summed E-state index contributed by atoms with van der Waals surface area (Å²) in [6.07, 6.45) is -2.76. The van der Waals surface area contributed by atoms with E-state index in [9.17, 15) is 18.0 Å². The molecular weight excluding hydrogens is 237 g/mol. The first kappa shape index (κ1) is 13.4. The van der Waals surface area contributed by atoms with E-state index in [2.05, 4.69) is 9.97 Å². The average molecular weight is 248 g/mol. The first-order valence-electron chi connectivity index (χ1n) is 4.89. The van der Waals surface area contributed by atoms with Gasteiger partial charge in [-0.25, -0.2) is 9.97 Å². The molecule has 0 aliphatic heterocycles. The van der Waals surface area contributed by atoms with Gasteiger partial charge in [0.15, 0.2) is 5.75 Å². The van der Waals surface area contributed by atoms with Crippen molar-refractivity contribution in [3.05, 3.63) is 18.2 Å². The van der Waals surface area contributed by atoms with Crippen LogP contribution in [0.1, 0.15) is 26.1 Å². The summed E-state index contributed by atoms with van der Waals surface area (Å²) in [4.78, 5) is 17.3. The Morgan fingerprint density at radius 1 is 1.35 bits per heavy atom. The summed E-state index contributed by atoms with van der Waals surface area (Å²) in [5.74, 6) is -1.77. The number of esters is 1. The van der Waals surface area contributed by atoms with Gasteiger partial charge in [-0.3, -0.25) is 4.79 Å². The highest BCUT2D eigenvalue weighted by Crippen LogP contribution is 2.26. The molecule has 0 spiro atoms. The lowest BCUT2D eigenvalue weighted by molar-refractivity contribution is -0.145. The molecule has 94 valence electrons. The average Bonchev–Trinajstić information content (AvgIpc) is 2.15. The van der Waals surface area contributed by atoms with Crippen LogP contribution in [-0.2, 0) is 11.0 Å². The SMILES string of the molecule is CC(C)CC(=O)Oc1cnc(C(F)(F)F)nc1. The number of nitrogens with zero attached hydrogens (tertiary/aromatic N) is 2. The van der Waals surface area contributed by atoms with Crippen LogP contribution in [0.15, 0.2) is 12.4 Å². The molecule has 0 atom stereocenters. The molecule has 0 amide bonds. The van der Waals surface area contributed by atoms with Crippen molar-refractivity contribution in [2.24, 2.45) is 5.92 Å². The van der Waals surface area contributed by atoms with Gasteiger partial charge in [-0.1, -0.05) is 13.8 Å². The van der Waals surface area contributed by atoms with Crippen LogP contribution in [0, 0.1) is 5.92 Å². The molecule has 0 aromatic carbocycles. The monoisotopic (exact) mass is 248 g/mol. The third kappa shape index (κ3) is 4.38. The molecular formula is C10H11F3N2O2. The molecule has 0 unspecified atom stereocenters. The van der Waals surface area contributed by atoms with Gasteiger partial charge in [-0.2, -0.15) is 13.2 Å².